The fourth-order valence-electron chi connectivity index (χ4n) is 3.77. The number of benzene rings is 2. The zero-order valence-corrected chi connectivity index (χ0v) is 14.6. The Bertz CT molecular complexity index is 887. The molecule has 25 heavy (non-hydrogen) atoms. The Morgan fingerprint density at radius 2 is 1.80 bits per heavy atom. The normalized spacial score (nSPS) is 16.8. The third-order valence-electron chi connectivity index (χ3n) is 5.23. The number of nitrogens with zero attached hydrogens (tertiary/aromatic N) is 2. The van der Waals surface area contributed by atoms with E-state index in [1.54, 1.807) is 6.07 Å². The third kappa shape index (κ3) is 3.33. The summed E-state index contributed by atoms with van der Waals surface area (Å²) < 4.78 is 2.19. The second-order valence-electron chi connectivity index (χ2n) is 7.00. The van der Waals surface area contributed by atoms with Crippen molar-refractivity contribution in [3.63, 3.8) is 0 Å². The molecule has 1 fully saturated rings. The maximum absolute atomic E-state index is 9.98. The minimum atomic E-state index is 0.339. The Morgan fingerprint density at radius 3 is 2.56 bits per heavy atom. The van der Waals surface area contributed by atoms with Gasteiger partial charge < -0.3 is 14.6 Å². The van der Waals surface area contributed by atoms with E-state index in [9.17, 15) is 5.11 Å². The lowest BCUT2D eigenvalue weighted by Crippen LogP contribution is -2.29. The van der Waals surface area contributed by atoms with Gasteiger partial charge in [0.2, 0.25) is 0 Å². The van der Waals surface area contributed by atoms with E-state index < -0.39 is 0 Å². The van der Waals surface area contributed by atoms with Crippen molar-refractivity contribution in [2.24, 2.45) is 0 Å². The van der Waals surface area contributed by atoms with Gasteiger partial charge in [-0.2, -0.15) is 0 Å². The van der Waals surface area contributed by atoms with Crippen molar-refractivity contribution in [3.05, 3.63) is 65.9 Å². The summed E-state index contributed by atoms with van der Waals surface area (Å²) in [5.41, 5.74) is 3.69. The number of aromatic nitrogens is 1. The number of piperidine rings is 1. The Balaban J connectivity index is 1.73. The highest BCUT2D eigenvalue weighted by Gasteiger charge is 2.22. The van der Waals surface area contributed by atoms with E-state index in [0.717, 1.165) is 18.6 Å². The molecule has 3 aromatic rings. The average molecular weight is 332 g/mol. The quantitative estimate of drug-likeness (QED) is 0.747. The van der Waals surface area contributed by atoms with Gasteiger partial charge in [0.25, 0.3) is 0 Å². The Morgan fingerprint density at radius 1 is 1.04 bits per heavy atom. The lowest BCUT2D eigenvalue weighted by Gasteiger charge is -2.28. The van der Waals surface area contributed by atoms with Gasteiger partial charge in [0.15, 0.2) is 0 Å². The van der Waals surface area contributed by atoms with Gasteiger partial charge in [-0.1, -0.05) is 30.3 Å². The van der Waals surface area contributed by atoms with Gasteiger partial charge in [0.05, 0.1) is 5.52 Å². The molecule has 4 rings (SSSR count). The number of aromatic hydroxyl groups is 1. The molecule has 1 aromatic heterocycles. The predicted octanol–water partition coefficient (Wildman–Crippen LogP) is 4.78. The first-order chi connectivity index (χ1) is 12.2. The minimum absolute atomic E-state index is 0.339. The van der Waals surface area contributed by atoms with Crippen LogP contribution >= 0.6 is 0 Å². The van der Waals surface area contributed by atoms with E-state index in [-0.39, 0.29) is 0 Å². The lowest BCUT2D eigenvalue weighted by atomic mass is 9.89. The molecule has 3 nitrogen and oxygen atoms in total. The largest absolute Gasteiger partial charge is 0.508 e. The van der Waals surface area contributed by atoms with Gasteiger partial charge in [-0.3, -0.25) is 0 Å². The number of hydrogen-bond acceptors (Lipinski definition) is 2. The topological polar surface area (TPSA) is 28.4 Å². The standard InChI is InChI=1S/C22H24N2O/c1-23-12-10-18(11-13-23)21-16-24(14-9-17-5-3-2-4-6-17)22-8-7-19(25)15-20(21)22/h2-9,14-16,18,25H,10-13H2,1H3. The van der Waals surface area contributed by atoms with Crippen LogP contribution < -0.4 is 0 Å². The summed E-state index contributed by atoms with van der Waals surface area (Å²) >= 11 is 0. The molecular weight excluding hydrogens is 308 g/mol. The monoisotopic (exact) mass is 332 g/mol. The van der Waals surface area contributed by atoms with Crippen LogP contribution in [0, 0.1) is 0 Å². The Hall–Kier alpha value is -2.52. The SMILES string of the molecule is CN1CCC(c2cn(C=Cc3ccccc3)c3ccc(O)cc23)CC1. The first kappa shape index (κ1) is 16.0. The van der Waals surface area contributed by atoms with Crippen molar-refractivity contribution < 1.29 is 5.11 Å². The maximum atomic E-state index is 9.98. The van der Waals surface area contributed by atoms with Gasteiger partial charge in [-0.15, -0.1) is 0 Å². The highest BCUT2D eigenvalue weighted by molar-refractivity contribution is 5.88. The fourth-order valence-corrected chi connectivity index (χ4v) is 3.77. The molecule has 0 radical (unpaired) electrons. The number of rotatable bonds is 3. The highest BCUT2D eigenvalue weighted by Crippen LogP contribution is 2.35. The molecule has 128 valence electrons. The van der Waals surface area contributed by atoms with Crippen molar-refractivity contribution >= 4 is 23.2 Å². The molecule has 0 amide bonds. The summed E-state index contributed by atoms with van der Waals surface area (Å²) in [7, 11) is 2.19. The number of phenolic OH excluding ortho intramolecular Hbond substituents is 1. The van der Waals surface area contributed by atoms with Crippen molar-refractivity contribution in [2.45, 2.75) is 18.8 Å². The van der Waals surface area contributed by atoms with Crippen LogP contribution in [0.1, 0.15) is 29.9 Å². The molecule has 0 atom stereocenters. The zero-order chi connectivity index (χ0) is 17.2. The zero-order valence-electron chi connectivity index (χ0n) is 14.6. The molecule has 0 bridgehead atoms. The molecule has 3 heteroatoms. The first-order valence-electron chi connectivity index (χ1n) is 8.96. The maximum Gasteiger partial charge on any atom is 0.116 e. The first-order valence-corrected chi connectivity index (χ1v) is 8.96. The predicted molar refractivity (Wildman–Crippen MR) is 105 cm³/mol. The fraction of sp³-hybridized carbons (Fsp3) is 0.273. The molecule has 0 spiro atoms. The Kier molecular flexibility index (Phi) is 4.33. The van der Waals surface area contributed by atoms with Crippen molar-refractivity contribution in [3.8, 4) is 5.75 Å². The lowest BCUT2D eigenvalue weighted by molar-refractivity contribution is 0.256. The minimum Gasteiger partial charge on any atom is -0.508 e. The number of phenols is 1. The molecule has 1 saturated heterocycles. The van der Waals surface area contributed by atoms with Crippen molar-refractivity contribution in [1.82, 2.24) is 9.47 Å². The van der Waals surface area contributed by atoms with E-state index in [4.69, 9.17) is 0 Å². The molecule has 0 aliphatic carbocycles. The van der Waals surface area contributed by atoms with Crippen molar-refractivity contribution in [1.29, 1.82) is 0 Å². The third-order valence-corrected chi connectivity index (χ3v) is 5.23. The second kappa shape index (κ2) is 6.77. The smallest absolute Gasteiger partial charge is 0.116 e. The van der Waals surface area contributed by atoms with E-state index in [1.807, 2.05) is 18.2 Å². The average Bonchev–Trinajstić information content (AvgIpc) is 2.99. The molecule has 0 unspecified atom stereocenters. The van der Waals surface area contributed by atoms with Crippen LogP contribution in [0.2, 0.25) is 0 Å². The molecule has 2 heterocycles. The molecular formula is C22H24N2O. The molecule has 2 aromatic carbocycles. The van der Waals surface area contributed by atoms with E-state index in [1.165, 1.54) is 29.4 Å². The van der Waals surface area contributed by atoms with Crippen LogP contribution in [0.4, 0.5) is 0 Å². The van der Waals surface area contributed by atoms with Crippen LogP contribution in [-0.4, -0.2) is 34.7 Å². The van der Waals surface area contributed by atoms with Crippen LogP contribution in [0.25, 0.3) is 23.2 Å². The highest BCUT2D eigenvalue weighted by atomic mass is 16.3. The van der Waals surface area contributed by atoms with E-state index >= 15 is 0 Å². The summed E-state index contributed by atoms with van der Waals surface area (Å²) in [6, 6.07) is 16.0. The molecule has 0 saturated carbocycles. The van der Waals surface area contributed by atoms with Gasteiger partial charge in [-0.05, 0) is 74.3 Å². The Labute approximate surface area is 148 Å². The van der Waals surface area contributed by atoms with E-state index in [2.05, 4.69) is 59.3 Å². The van der Waals surface area contributed by atoms with Gasteiger partial charge in [-0.25, -0.2) is 0 Å². The summed E-state index contributed by atoms with van der Waals surface area (Å²) in [5, 5.41) is 11.2. The molecule has 1 aliphatic rings. The van der Waals surface area contributed by atoms with Crippen LogP contribution in [0.5, 0.6) is 5.75 Å². The summed E-state index contributed by atoms with van der Waals surface area (Å²) in [5.74, 6) is 0.901. The molecule has 1 aliphatic heterocycles. The van der Waals surface area contributed by atoms with Gasteiger partial charge in [0, 0.05) is 17.8 Å². The second-order valence-corrected chi connectivity index (χ2v) is 7.00. The van der Waals surface area contributed by atoms with Crippen LogP contribution in [0.15, 0.2) is 54.7 Å². The summed E-state index contributed by atoms with van der Waals surface area (Å²) in [4.78, 5) is 2.39. The number of fused-ring (bicyclic) bond motifs is 1. The van der Waals surface area contributed by atoms with Crippen LogP contribution in [0.3, 0.4) is 0 Å². The molecule has 1 N–H and O–H groups in total. The summed E-state index contributed by atoms with van der Waals surface area (Å²) in [6.07, 6.45) is 8.85. The van der Waals surface area contributed by atoms with E-state index in [0.29, 0.717) is 11.7 Å². The van der Waals surface area contributed by atoms with Gasteiger partial charge >= 0.3 is 0 Å². The van der Waals surface area contributed by atoms with Crippen LogP contribution in [-0.2, 0) is 0 Å². The van der Waals surface area contributed by atoms with Crippen molar-refractivity contribution in [2.75, 3.05) is 20.1 Å². The number of likely N-dealkylation sites (tertiary alicyclic amines) is 1. The number of hydrogen-bond donors (Lipinski definition) is 1. The summed E-state index contributed by atoms with van der Waals surface area (Å²) in [6.45, 7) is 2.27. The van der Waals surface area contributed by atoms with Gasteiger partial charge in [0.1, 0.15) is 5.75 Å².